The first-order valence-corrected chi connectivity index (χ1v) is 4.67. The highest BCUT2D eigenvalue weighted by molar-refractivity contribution is 9.10. The van der Waals surface area contributed by atoms with Gasteiger partial charge in [0.05, 0.1) is 0 Å². The van der Waals surface area contributed by atoms with Gasteiger partial charge in [0.1, 0.15) is 11.5 Å². The molecule has 5 nitrogen and oxygen atoms in total. The molecule has 0 bridgehead atoms. The van der Waals surface area contributed by atoms with Gasteiger partial charge in [0, 0.05) is 4.47 Å². The molecular formula is C8H9BrFN5. The summed E-state index contributed by atoms with van der Waals surface area (Å²) in [6.45, 7) is 0. The molecule has 15 heavy (non-hydrogen) atoms. The Hall–Kier alpha value is -1.63. The maximum atomic E-state index is 13.2. The molecule has 0 aliphatic carbocycles. The van der Waals surface area contributed by atoms with E-state index in [0.717, 1.165) is 0 Å². The largest absolute Gasteiger partial charge is 0.370 e. The minimum absolute atomic E-state index is 0.0701. The molecule has 0 aliphatic rings. The van der Waals surface area contributed by atoms with Crippen molar-refractivity contribution < 1.29 is 4.39 Å². The van der Waals surface area contributed by atoms with E-state index in [1.807, 2.05) is 0 Å². The summed E-state index contributed by atoms with van der Waals surface area (Å²) in [5, 5.41) is 0. The fourth-order valence-corrected chi connectivity index (χ4v) is 1.19. The summed E-state index contributed by atoms with van der Waals surface area (Å²) in [5.41, 5.74) is 15.6. The van der Waals surface area contributed by atoms with Gasteiger partial charge in [-0.15, -0.1) is 0 Å². The van der Waals surface area contributed by atoms with Gasteiger partial charge in [0.15, 0.2) is 5.96 Å². The molecule has 1 aromatic rings. The second-order valence-electron chi connectivity index (χ2n) is 2.60. The maximum Gasteiger partial charge on any atom is 0.223 e. The van der Waals surface area contributed by atoms with E-state index in [1.165, 1.54) is 12.1 Å². The molecule has 0 amide bonds. The van der Waals surface area contributed by atoms with Crippen LogP contribution in [0.3, 0.4) is 0 Å². The zero-order valence-corrected chi connectivity index (χ0v) is 9.20. The predicted octanol–water partition coefficient (Wildman–Crippen LogP) is 0.808. The van der Waals surface area contributed by atoms with E-state index >= 15 is 0 Å². The molecule has 0 saturated heterocycles. The number of guanidine groups is 2. The van der Waals surface area contributed by atoms with Crippen LogP contribution in [0.15, 0.2) is 32.7 Å². The van der Waals surface area contributed by atoms with Crippen LogP contribution < -0.4 is 17.2 Å². The molecule has 0 heterocycles. The van der Waals surface area contributed by atoms with Gasteiger partial charge in [-0.05, 0) is 18.2 Å². The maximum absolute atomic E-state index is 13.2. The first kappa shape index (κ1) is 11.4. The Labute approximate surface area is 94.0 Å². The average Bonchev–Trinajstić information content (AvgIpc) is 2.08. The molecule has 0 aromatic heterocycles. The molecule has 6 N–H and O–H groups in total. The van der Waals surface area contributed by atoms with Gasteiger partial charge in [-0.3, -0.25) is 0 Å². The van der Waals surface area contributed by atoms with Crippen molar-refractivity contribution in [1.82, 2.24) is 0 Å². The summed E-state index contributed by atoms with van der Waals surface area (Å²) in [5.74, 6) is -0.942. The van der Waals surface area contributed by atoms with Gasteiger partial charge in [-0.2, -0.15) is 4.99 Å². The lowest BCUT2D eigenvalue weighted by molar-refractivity contribution is 0.629. The highest BCUT2D eigenvalue weighted by Gasteiger charge is 2.01. The third-order valence-corrected chi connectivity index (χ3v) is 1.88. The molecule has 0 unspecified atom stereocenters. The lowest BCUT2D eigenvalue weighted by Gasteiger charge is -1.98. The first-order chi connectivity index (χ1) is 6.99. The van der Waals surface area contributed by atoms with Crippen molar-refractivity contribution in [2.75, 3.05) is 0 Å². The van der Waals surface area contributed by atoms with Crippen LogP contribution in [0.2, 0.25) is 0 Å². The molecule has 0 fully saturated rings. The second kappa shape index (κ2) is 4.74. The Morgan fingerprint density at radius 3 is 2.47 bits per heavy atom. The third kappa shape index (κ3) is 3.55. The molecule has 0 spiro atoms. The Kier molecular flexibility index (Phi) is 3.62. The average molecular weight is 274 g/mol. The van der Waals surface area contributed by atoms with Crippen molar-refractivity contribution in [3.8, 4) is 0 Å². The van der Waals surface area contributed by atoms with Gasteiger partial charge in [0.25, 0.3) is 0 Å². The van der Waals surface area contributed by atoms with Gasteiger partial charge in [0.2, 0.25) is 5.96 Å². The fraction of sp³-hybridized carbons (Fsp3) is 0. The molecule has 0 atom stereocenters. The lowest BCUT2D eigenvalue weighted by Crippen LogP contribution is -2.26. The molecular weight excluding hydrogens is 265 g/mol. The molecule has 0 aliphatic heterocycles. The van der Waals surface area contributed by atoms with Crippen LogP contribution in [0.1, 0.15) is 0 Å². The minimum atomic E-state index is -0.516. The summed E-state index contributed by atoms with van der Waals surface area (Å²) in [7, 11) is 0. The molecule has 0 saturated carbocycles. The van der Waals surface area contributed by atoms with Gasteiger partial charge in [-0.1, -0.05) is 15.9 Å². The zero-order chi connectivity index (χ0) is 11.4. The van der Waals surface area contributed by atoms with Crippen LogP contribution in [0, 0.1) is 5.82 Å². The van der Waals surface area contributed by atoms with E-state index in [9.17, 15) is 4.39 Å². The zero-order valence-electron chi connectivity index (χ0n) is 7.61. The molecule has 0 radical (unpaired) electrons. The van der Waals surface area contributed by atoms with Crippen molar-refractivity contribution >= 4 is 33.5 Å². The highest BCUT2D eigenvalue weighted by atomic mass is 79.9. The van der Waals surface area contributed by atoms with E-state index in [2.05, 4.69) is 25.9 Å². The van der Waals surface area contributed by atoms with Gasteiger partial charge < -0.3 is 17.2 Å². The van der Waals surface area contributed by atoms with Crippen LogP contribution in [0.5, 0.6) is 0 Å². The standard InChI is InChI=1S/C8H9BrFN5/c9-4-1-2-6(5(10)3-4)14-8(13)15-7(11)12/h1-3H,(H6,11,12,13,14,15). The number of nitrogens with two attached hydrogens (primary N) is 3. The van der Waals surface area contributed by atoms with Gasteiger partial charge >= 0.3 is 0 Å². The Bertz CT molecular complexity index is 425. The normalized spacial score (nSPS) is 11.2. The summed E-state index contributed by atoms with van der Waals surface area (Å²) < 4.78 is 13.9. The SMILES string of the molecule is NC(N)=NC(N)=Nc1ccc(Br)cc1F. The summed E-state index contributed by atoms with van der Waals surface area (Å²) in [4.78, 5) is 7.15. The number of hydrogen-bond donors (Lipinski definition) is 3. The second-order valence-corrected chi connectivity index (χ2v) is 3.52. The molecule has 1 aromatic carbocycles. The summed E-state index contributed by atoms with van der Waals surface area (Å²) in [6.07, 6.45) is 0. The van der Waals surface area contributed by atoms with Crippen LogP contribution >= 0.6 is 15.9 Å². The predicted molar refractivity (Wildman–Crippen MR) is 61.2 cm³/mol. The number of benzene rings is 1. The molecule has 80 valence electrons. The van der Waals surface area contributed by atoms with Crippen molar-refractivity contribution in [3.63, 3.8) is 0 Å². The number of nitrogens with zero attached hydrogens (tertiary/aromatic N) is 2. The minimum Gasteiger partial charge on any atom is -0.370 e. The van der Waals surface area contributed by atoms with Crippen molar-refractivity contribution in [1.29, 1.82) is 0 Å². The topological polar surface area (TPSA) is 103 Å². The van der Waals surface area contributed by atoms with E-state index in [1.54, 1.807) is 6.07 Å². The quantitative estimate of drug-likeness (QED) is 0.521. The van der Waals surface area contributed by atoms with Crippen molar-refractivity contribution in [3.05, 3.63) is 28.5 Å². The molecule has 1 rings (SSSR count). The smallest absolute Gasteiger partial charge is 0.223 e. The van der Waals surface area contributed by atoms with Crippen molar-refractivity contribution in [2.24, 2.45) is 27.2 Å². The Morgan fingerprint density at radius 1 is 1.27 bits per heavy atom. The van der Waals surface area contributed by atoms with E-state index in [-0.39, 0.29) is 17.6 Å². The van der Waals surface area contributed by atoms with E-state index < -0.39 is 5.82 Å². The summed E-state index contributed by atoms with van der Waals surface area (Å²) in [6, 6.07) is 4.35. The number of rotatable bonds is 1. The number of hydrogen-bond acceptors (Lipinski definition) is 1. The third-order valence-electron chi connectivity index (χ3n) is 1.39. The Balaban J connectivity index is 3.03. The van der Waals surface area contributed by atoms with Crippen molar-refractivity contribution in [2.45, 2.75) is 0 Å². The fourth-order valence-electron chi connectivity index (χ4n) is 0.853. The van der Waals surface area contributed by atoms with Crippen LogP contribution in [-0.2, 0) is 0 Å². The van der Waals surface area contributed by atoms with Crippen LogP contribution in [-0.4, -0.2) is 11.9 Å². The van der Waals surface area contributed by atoms with Gasteiger partial charge in [-0.25, -0.2) is 9.38 Å². The van der Waals surface area contributed by atoms with E-state index in [4.69, 9.17) is 17.2 Å². The number of halogens is 2. The Morgan fingerprint density at radius 2 is 1.93 bits per heavy atom. The number of aliphatic imine (C=N–C) groups is 2. The van der Waals surface area contributed by atoms with Crippen LogP contribution in [0.4, 0.5) is 10.1 Å². The van der Waals surface area contributed by atoms with E-state index in [0.29, 0.717) is 4.47 Å². The first-order valence-electron chi connectivity index (χ1n) is 3.88. The molecule has 7 heteroatoms. The summed E-state index contributed by atoms with van der Waals surface area (Å²) >= 11 is 3.12. The van der Waals surface area contributed by atoms with Crippen LogP contribution in [0.25, 0.3) is 0 Å². The monoisotopic (exact) mass is 273 g/mol. The lowest BCUT2D eigenvalue weighted by atomic mass is 10.3. The highest BCUT2D eigenvalue weighted by Crippen LogP contribution is 2.21.